The quantitative estimate of drug-likeness (QED) is 0.250. The van der Waals surface area contributed by atoms with E-state index in [2.05, 4.69) is 21.3 Å². The van der Waals surface area contributed by atoms with Crippen LogP contribution in [0.25, 0.3) is 10.2 Å². The van der Waals surface area contributed by atoms with E-state index >= 15 is 0 Å². The summed E-state index contributed by atoms with van der Waals surface area (Å²) in [5, 5.41) is 14.1. The summed E-state index contributed by atoms with van der Waals surface area (Å²) in [7, 11) is 0. The van der Waals surface area contributed by atoms with Crippen molar-refractivity contribution < 1.29 is 9.90 Å². The molecule has 8 heteroatoms. The topological polar surface area (TPSA) is 85.4 Å². The number of aromatic nitrogens is 1. The van der Waals surface area contributed by atoms with Crippen LogP contribution in [0.3, 0.4) is 0 Å². The number of halogens is 1. The molecule has 1 aromatic heterocycles. The summed E-state index contributed by atoms with van der Waals surface area (Å²) in [4.78, 5) is 29.5. The van der Waals surface area contributed by atoms with Gasteiger partial charge < -0.3 is 20.3 Å². The summed E-state index contributed by atoms with van der Waals surface area (Å²) in [6.45, 7) is 2.34. The van der Waals surface area contributed by atoms with Crippen molar-refractivity contribution in [3.63, 3.8) is 0 Å². The first-order chi connectivity index (χ1) is 17.5. The Bertz CT molecular complexity index is 1200. The average molecular weight is 530 g/mol. The fourth-order valence-electron chi connectivity index (χ4n) is 5.16. The van der Waals surface area contributed by atoms with E-state index in [0.29, 0.717) is 24.5 Å². The molecule has 3 aromatic rings. The van der Waals surface area contributed by atoms with Crippen LogP contribution >= 0.6 is 22.9 Å². The molecular weight excluding hydrogens is 494 g/mol. The summed E-state index contributed by atoms with van der Waals surface area (Å²) in [6, 6.07) is 11.9. The molecule has 0 saturated heterocycles. The van der Waals surface area contributed by atoms with Gasteiger partial charge in [-0.1, -0.05) is 60.4 Å². The van der Waals surface area contributed by atoms with Gasteiger partial charge in [0.15, 0.2) is 0 Å². The zero-order chi connectivity index (χ0) is 25.3. The number of phenolic OH excluding ortho intramolecular Hbond substituents is 1. The zero-order valence-corrected chi connectivity index (χ0v) is 22.3. The summed E-state index contributed by atoms with van der Waals surface area (Å²) in [5.41, 5.74) is 2.84. The highest BCUT2D eigenvalue weighted by Gasteiger charge is 2.25. The molecule has 0 unspecified atom stereocenters. The maximum absolute atomic E-state index is 13.1. The minimum atomic E-state index is -0.141. The lowest BCUT2D eigenvalue weighted by Crippen LogP contribution is -2.40. The van der Waals surface area contributed by atoms with Crippen molar-refractivity contribution in [2.24, 2.45) is 0 Å². The standard InChI is InChI=1S/C28H36ClN3O3S/c29-22-9-6-7-20(19-22)14-16-30-17-15-25(34)32(23-10-3-4-11-23)18-5-1-2-8-21-12-13-24(33)26-27(21)36-28(35)31-26/h6-7,9,12-13,19,23,30,33H,1-5,8,10-11,14-18H2,(H,31,35). The highest BCUT2D eigenvalue weighted by atomic mass is 35.5. The number of aromatic amines is 1. The largest absolute Gasteiger partial charge is 0.506 e. The van der Waals surface area contributed by atoms with Crippen molar-refractivity contribution in [1.29, 1.82) is 0 Å². The first-order valence-corrected chi connectivity index (χ1v) is 14.3. The van der Waals surface area contributed by atoms with E-state index in [1.165, 1.54) is 18.4 Å². The first kappa shape index (κ1) is 26.7. The van der Waals surface area contributed by atoms with Crippen molar-refractivity contribution in [3.05, 3.63) is 62.2 Å². The van der Waals surface area contributed by atoms with Gasteiger partial charge in [-0.2, -0.15) is 0 Å². The minimum Gasteiger partial charge on any atom is -0.506 e. The van der Waals surface area contributed by atoms with E-state index < -0.39 is 0 Å². The van der Waals surface area contributed by atoms with Crippen molar-refractivity contribution >= 4 is 39.1 Å². The third kappa shape index (κ3) is 7.34. The Hall–Kier alpha value is -2.35. The van der Waals surface area contributed by atoms with Crippen molar-refractivity contribution in [2.45, 2.75) is 70.3 Å². The third-order valence-electron chi connectivity index (χ3n) is 7.07. The maximum Gasteiger partial charge on any atom is 0.305 e. The number of rotatable bonds is 13. The number of benzene rings is 2. The first-order valence-electron chi connectivity index (χ1n) is 13.1. The highest BCUT2D eigenvalue weighted by molar-refractivity contribution is 7.16. The molecule has 0 aliphatic heterocycles. The van der Waals surface area contributed by atoms with Crippen LogP contribution in [-0.4, -0.2) is 46.6 Å². The highest BCUT2D eigenvalue weighted by Crippen LogP contribution is 2.29. The van der Waals surface area contributed by atoms with E-state index in [9.17, 15) is 14.7 Å². The van der Waals surface area contributed by atoms with Gasteiger partial charge in [0.1, 0.15) is 11.3 Å². The summed E-state index contributed by atoms with van der Waals surface area (Å²) < 4.78 is 0.852. The number of fused-ring (bicyclic) bond motifs is 1. The number of nitrogens with zero attached hydrogens (tertiary/aromatic N) is 1. The predicted octanol–water partition coefficient (Wildman–Crippen LogP) is 5.66. The molecule has 2 aromatic carbocycles. The number of phenols is 1. The SMILES string of the molecule is O=C(CCNCCc1cccc(Cl)c1)N(CCCCCc1ccc(O)c2[nH]c(=O)sc12)C1CCCC1. The monoisotopic (exact) mass is 529 g/mol. The average Bonchev–Trinajstić information content (AvgIpc) is 3.53. The number of aryl methyl sites for hydroxylation is 1. The second kappa shape index (κ2) is 13.3. The van der Waals surface area contributed by atoms with Gasteiger partial charge in [-0.15, -0.1) is 0 Å². The number of aromatic hydroxyl groups is 1. The van der Waals surface area contributed by atoms with Gasteiger partial charge in [0.05, 0.1) is 4.70 Å². The number of H-pyrrole nitrogens is 1. The van der Waals surface area contributed by atoms with Gasteiger partial charge in [-0.05, 0) is 74.4 Å². The van der Waals surface area contributed by atoms with Gasteiger partial charge in [-0.25, -0.2) is 0 Å². The number of hydrogen-bond acceptors (Lipinski definition) is 5. The molecule has 1 aliphatic carbocycles. The van der Waals surface area contributed by atoms with Crippen molar-refractivity contribution in [2.75, 3.05) is 19.6 Å². The Kier molecular flexibility index (Phi) is 9.84. The molecule has 1 amide bonds. The van der Waals surface area contributed by atoms with Crippen LogP contribution < -0.4 is 10.2 Å². The lowest BCUT2D eigenvalue weighted by molar-refractivity contribution is -0.133. The van der Waals surface area contributed by atoms with Crippen molar-refractivity contribution in [1.82, 2.24) is 15.2 Å². The van der Waals surface area contributed by atoms with E-state index in [0.717, 1.165) is 84.7 Å². The molecule has 6 nitrogen and oxygen atoms in total. The van der Waals surface area contributed by atoms with Crippen LogP contribution in [0.2, 0.25) is 5.02 Å². The van der Waals surface area contributed by atoms with Crippen LogP contribution in [0, 0.1) is 0 Å². The summed E-state index contributed by atoms with van der Waals surface area (Å²) in [5.74, 6) is 0.381. The van der Waals surface area contributed by atoms with Gasteiger partial charge in [0.2, 0.25) is 5.91 Å². The van der Waals surface area contributed by atoms with Crippen LogP contribution in [0.15, 0.2) is 41.2 Å². The third-order valence-corrected chi connectivity index (χ3v) is 8.26. The fraction of sp³-hybridized carbons (Fsp3) is 0.500. The second-order valence-corrected chi connectivity index (χ2v) is 11.1. The lowest BCUT2D eigenvalue weighted by atomic mass is 10.1. The van der Waals surface area contributed by atoms with E-state index in [-0.39, 0.29) is 16.5 Å². The Morgan fingerprint density at radius 2 is 1.94 bits per heavy atom. The molecule has 0 radical (unpaired) electrons. The lowest BCUT2D eigenvalue weighted by Gasteiger charge is -2.29. The second-order valence-electron chi connectivity index (χ2n) is 9.68. The Balaban J connectivity index is 1.20. The van der Waals surface area contributed by atoms with E-state index in [4.69, 9.17) is 11.6 Å². The van der Waals surface area contributed by atoms with Gasteiger partial charge in [-0.3, -0.25) is 9.59 Å². The Morgan fingerprint density at radius 1 is 1.11 bits per heavy atom. The molecule has 1 fully saturated rings. The number of nitrogens with one attached hydrogen (secondary N) is 2. The van der Waals surface area contributed by atoms with Crippen LogP contribution in [0.4, 0.5) is 0 Å². The molecule has 1 aliphatic rings. The zero-order valence-electron chi connectivity index (χ0n) is 20.7. The molecule has 0 bridgehead atoms. The van der Waals surface area contributed by atoms with E-state index in [1.807, 2.05) is 24.3 Å². The molecule has 3 N–H and O–H groups in total. The smallest absolute Gasteiger partial charge is 0.305 e. The summed E-state index contributed by atoms with van der Waals surface area (Å²) >= 11 is 7.21. The predicted molar refractivity (Wildman–Crippen MR) is 148 cm³/mol. The van der Waals surface area contributed by atoms with E-state index in [1.54, 1.807) is 6.07 Å². The molecule has 0 atom stereocenters. The van der Waals surface area contributed by atoms with Crippen molar-refractivity contribution in [3.8, 4) is 5.75 Å². The molecule has 0 spiro atoms. The Morgan fingerprint density at radius 3 is 2.75 bits per heavy atom. The van der Waals surface area contributed by atoms with Gasteiger partial charge >= 0.3 is 4.87 Å². The molecular formula is C28H36ClN3O3S. The number of unbranched alkanes of at least 4 members (excludes halogenated alkanes) is 2. The van der Waals surface area contributed by atoms with Crippen LogP contribution in [0.5, 0.6) is 5.75 Å². The van der Waals surface area contributed by atoms with Gasteiger partial charge in [0, 0.05) is 30.6 Å². The normalized spacial score (nSPS) is 14.0. The molecule has 194 valence electrons. The number of carbonyl (C=O) groups excluding carboxylic acids is 1. The van der Waals surface area contributed by atoms with Crippen LogP contribution in [-0.2, 0) is 17.6 Å². The number of amides is 1. The van der Waals surface area contributed by atoms with Crippen LogP contribution in [0.1, 0.15) is 62.5 Å². The van der Waals surface area contributed by atoms with Gasteiger partial charge in [0.25, 0.3) is 0 Å². The number of thiazole rings is 1. The molecule has 1 saturated carbocycles. The maximum atomic E-state index is 13.1. The molecule has 36 heavy (non-hydrogen) atoms. The molecule has 4 rings (SSSR count). The summed E-state index contributed by atoms with van der Waals surface area (Å²) in [6.07, 6.45) is 9.94. The minimum absolute atomic E-state index is 0.122. The number of carbonyl (C=O) groups is 1. The Labute approximate surface area is 221 Å². The number of hydrogen-bond donors (Lipinski definition) is 3. The molecule has 1 heterocycles. The fourth-order valence-corrected chi connectivity index (χ4v) is 6.27.